The fourth-order valence-electron chi connectivity index (χ4n) is 8.55. The highest BCUT2D eigenvalue weighted by Crippen LogP contribution is 2.67. The Labute approximate surface area is 179 Å². The van der Waals surface area contributed by atoms with Gasteiger partial charge in [0.15, 0.2) is 0 Å². The van der Waals surface area contributed by atoms with Gasteiger partial charge in [-0.15, -0.1) is 0 Å². The maximum atomic E-state index is 12.1. The molecule has 1 heterocycles. The fourth-order valence-corrected chi connectivity index (χ4v) is 8.55. The average Bonchev–Trinajstić information content (AvgIpc) is 2.94. The smallest absolute Gasteiger partial charge is 0.223 e. The summed E-state index contributed by atoms with van der Waals surface area (Å²) < 4.78 is 0. The standard InChI is InChI=1S/C27H45NO/c1-18(2)7-6-8-19(3)22-11-12-23-21-10-9-20-17-28-25(29)14-16-26(20,4)24(21)13-15-27(22,23)5/h17-19,21-24H,6-16H2,1-5H3,(H,28,29)/t19-,21+,22-,23+,24+,26+,27-/m1/s1. The van der Waals surface area contributed by atoms with Crippen LogP contribution in [0.5, 0.6) is 0 Å². The summed E-state index contributed by atoms with van der Waals surface area (Å²) in [4.78, 5) is 12.1. The molecule has 0 aromatic heterocycles. The molecule has 2 nitrogen and oxygen atoms in total. The number of amides is 1. The molecule has 0 saturated heterocycles. The first-order valence-corrected chi connectivity index (χ1v) is 12.7. The molecule has 0 unspecified atom stereocenters. The Morgan fingerprint density at radius 2 is 1.79 bits per heavy atom. The van der Waals surface area contributed by atoms with E-state index in [-0.39, 0.29) is 11.3 Å². The molecule has 0 aromatic carbocycles. The third-order valence-electron chi connectivity index (χ3n) is 10.2. The van der Waals surface area contributed by atoms with Gasteiger partial charge in [0.1, 0.15) is 0 Å². The lowest BCUT2D eigenvalue weighted by Gasteiger charge is -2.57. The number of carbonyl (C=O) groups is 1. The number of hydrogen-bond acceptors (Lipinski definition) is 1. The van der Waals surface area contributed by atoms with Crippen LogP contribution in [0.2, 0.25) is 0 Å². The molecule has 4 rings (SSSR count). The van der Waals surface area contributed by atoms with Crippen LogP contribution in [0.4, 0.5) is 0 Å². The first-order chi connectivity index (χ1) is 13.8. The van der Waals surface area contributed by atoms with Crippen molar-refractivity contribution < 1.29 is 4.79 Å². The van der Waals surface area contributed by atoms with E-state index in [0.29, 0.717) is 11.8 Å². The van der Waals surface area contributed by atoms with E-state index in [4.69, 9.17) is 0 Å². The lowest BCUT2D eigenvalue weighted by molar-refractivity contribution is -0.120. The highest BCUT2D eigenvalue weighted by molar-refractivity contribution is 5.77. The summed E-state index contributed by atoms with van der Waals surface area (Å²) in [6.07, 6.45) is 16.4. The molecule has 7 atom stereocenters. The fraction of sp³-hybridized carbons (Fsp3) is 0.889. The van der Waals surface area contributed by atoms with Gasteiger partial charge >= 0.3 is 0 Å². The summed E-state index contributed by atoms with van der Waals surface area (Å²) in [5.74, 6) is 5.49. The predicted molar refractivity (Wildman–Crippen MR) is 121 cm³/mol. The summed E-state index contributed by atoms with van der Waals surface area (Å²) in [5.41, 5.74) is 2.36. The van der Waals surface area contributed by atoms with E-state index in [1.807, 2.05) is 0 Å². The van der Waals surface area contributed by atoms with Crippen molar-refractivity contribution in [1.29, 1.82) is 0 Å². The zero-order valence-corrected chi connectivity index (χ0v) is 19.7. The van der Waals surface area contributed by atoms with Gasteiger partial charge in [0, 0.05) is 12.6 Å². The minimum atomic E-state index is 0.224. The molecule has 0 radical (unpaired) electrons. The van der Waals surface area contributed by atoms with Crippen molar-refractivity contribution in [1.82, 2.24) is 5.32 Å². The first-order valence-electron chi connectivity index (χ1n) is 12.7. The maximum absolute atomic E-state index is 12.1. The van der Waals surface area contributed by atoms with Gasteiger partial charge in [0.25, 0.3) is 0 Å². The second-order valence-electron chi connectivity index (χ2n) is 12.1. The summed E-state index contributed by atoms with van der Waals surface area (Å²) >= 11 is 0. The zero-order valence-electron chi connectivity index (χ0n) is 19.7. The molecule has 3 aliphatic carbocycles. The summed E-state index contributed by atoms with van der Waals surface area (Å²) in [7, 11) is 0. The highest BCUT2D eigenvalue weighted by Gasteiger charge is 2.59. The molecule has 0 spiro atoms. The van der Waals surface area contributed by atoms with Crippen molar-refractivity contribution in [3.8, 4) is 0 Å². The van der Waals surface area contributed by atoms with E-state index in [9.17, 15) is 4.79 Å². The molecular formula is C27H45NO. The molecule has 4 aliphatic rings. The SMILES string of the molecule is CC(C)CCC[C@@H](C)[C@H]1CC[C@H]2[C@@H]3CCC4=CNC(=O)CC[C@]4(C)[C@H]3CC[C@]12C. The van der Waals surface area contributed by atoms with Crippen molar-refractivity contribution in [2.45, 2.75) is 105 Å². The number of allylic oxidation sites excluding steroid dienone is 1. The van der Waals surface area contributed by atoms with Crippen LogP contribution in [0.1, 0.15) is 105 Å². The highest BCUT2D eigenvalue weighted by atomic mass is 16.1. The summed E-state index contributed by atoms with van der Waals surface area (Å²) in [6, 6.07) is 0. The Bertz CT molecular complexity index is 651. The molecule has 2 heteroatoms. The van der Waals surface area contributed by atoms with Gasteiger partial charge in [-0.1, -0.05) is 53.9 Å². The Morgan fingerprint density at radius 3 is 2.55 bits per heavy atom. The van der Waals surface area contributed by atoms with Gasteiger partial charge in [-0.3, -0.25) is 4.79 Å². The van der Waals surface area contributed by atoms with Crippen LogP contribution >= 0.6 is 0 Å². The number of hydrogen-bond donors (Lipinski definition) is 1. The third-order valence-corrected chi connectivity index (χ3v) is 10.2. The van der Waals surface area contributed by atoms with Crippen molar-refractivity contribution in [3.05, 3.63) is 11.8 Å². The molecule has 0 bridgehead atoms. The van der Waals surface area contributed by atoms with Crippen LogP contribution in [0.25, 0.3) is 0 Å². The number of rotatable bonds is 5. The van der Waals surface area contributed by atoms with E-state index in [1.54, 1.807) is 5.57 Å². The molecule has 29 heavy (non-hydrogen) atoms. The largest absolute Gasteiger partial charge is 0.333 e. The van der Waals surface area contributed by atoms with Crippen LogP contribution in [0.3, 0.4) is 0 Å². The van der Waals surface area contributed by atoms with E-state index < -0.39 is 0 Å². The molecule has 1 amide bonds. The molecule has 0 aromatic rings. The molecule has 164 valence electrons. The maximum Gasteiger partial charge on any atom is 0.223 e. The predicted octanol–water partition coefficient (Wildman–Crippen LogP) is 7.10. The van der Waals surface area contributed by atoms with E-state index in [0.717, 1.165) is 41.9 Å². The topological polar surface area (TPSA) is 29.1 Å². The first kappa shape index (κ1) is 21.4. The second-order valence-corrected chi connectivity index (χ2v) is 12.1. The van der Waals surface area contributed by atoms with Gasteiger partial charge in [-0.05, 0) is 96.9 Å². The van der Waals surface area contributed by atoms with Gasteiger partial charge < -0.3 is 5.32 Å². The monoisotopic (exact) mass is 399 g/mol. The van der Waals surface area contributed by atoms with Gasteiger partial charge in [0.05, 0.1) is 0 Å². The van der Waals surface area contributed by atoms with Crippen LogP contribution in [-0.4, -0.2) is 5.91 Å². The average molecular weight is 400 g/mol. The Hall–Kier alpha value is -0.790. The summed E-state index contributed by atoms with van der Waals surface area (Å²) in [5, 5.41) is 3.07. The lowest BCUT2D eigenvalue weighted by Crippen LogP contribution is -2.50. The van der Waals surface area contributed by atoms with E-state index >= 15 is 0 Å². The Balaban J connectivity index is 1.50. The minimum absolute atomic E-state index is 0.224. The molecular weight excluding hydrogens is 354 g/mol. The quantitative estimate of drug-likeness (QED) is 0.525. The van der Waals surface area contributed by atoms with Crippen molar-refractivity contribution >= 4 is 5.91 Å². The van der Waals surface area contributed by atoms with Crippen molar-refractivity contribution in [2.24, 2.45) is 46.3 Å². The number of nitrogens with one attached hydrogen (secondary N) is 1. The zero-order chi connectivity index (χ0) is 20.8. The number of carbonyl (C=O) groups excluding carboxylic acids is 1. The lowest BCUT2D eigenvalue weighted by atomic mass is 9.47. The number of fused-ring (bicyclic) bond motifs is 5. The van der Waals surface area contributed by atoms with Crippen molar-refractivity contribution in [3.63, 3.8) is 0 Å². The van der Waals surface area contributed by atoms with Crippen LogP contribution in [0.15, 0.2) is 11.8 Å². The Morgan fingerprint density at radius 1 is 1.00 bits per heavy atom. The molecule has 1 aliphatic heterocycles. The van der Waals surface area contributed by atoms with Gasteiger partial charge in [-0.25, -0.2) is 0 Å². The van der Waals surface area contributed by atoms with Crippen LogP contribution in [0, 0.1) is 46.3 Å². The normalized spacial score (nSPS) is 43.0. The molecule has 3 fully saturated rings. The third kappa shape index (κ3) is 3.72. The van der Waals surface area contributed by atoms with Gasteiger partial charge in [-0.2, -0.15) is 0 Å². The minimum Gasteiger partial charge on any atom is -0.333 e. The van der Waals surface area contributed by atoms with E-state index in [2.05, 4.69) is 46.1 Å². The second kappa shape index (κ2) is 8.04. The molecule has 3 saturated carbocycles. The summed E-state index contributed by atoms with van der Waals surface area (Å²) in [6.45, 7) is 12.5. The Kier molecular flexibility index (Phi) is 5.95. The van der Waals surface area contributed by atoms with Gasteiger partial charge in [0.2, 0.25) is 5.91 Å². The van der Waals surface area contributed by atoms with Crippen LogP contribution in [-0.2, 0) is 4.79 Å². The van der Waals surface area contributed by atoms with Crippen molar-refractivity contribution in [2.75, 3.05) is 0 Å². The van der Waals surface area contributed by atoms with E-state index in [1.165, 1.54) is 57.8 Å². The molecule has 1 N–H and O–H groups in total. The van der Waals surface area contributed by atoms with Crippen LogP contribution < -0.4 is 5.32 Å².